The Morgan fingerprint density at radius 1 is 1.44 bits per heavy atom. The van der Waals surface area contributed by atoms with E-state index in [1.54, 1.807) is 7.11 Å². The third-order valence-electron chi connectivity index (χ3n) is 2.85. The molecule has 0 fully saturated rings. The monoisotopic (exact) mass is 218 g/mol. The van der Waals surface area contributed by atoms with Gasteiger partial charge < -0.3 is 15.5 Å². The molecule has 86 valence electrons. The molecule has 2 aromatic rings. The highest BCUT2D eigenvalue weighted by atomic mass is 16.5. The molecule has 0 radical (unpaired) electrons. The summed E-state index contributed by atoms with van der Waals surface area (Å²) in [7, 11) is 1.69. The van der Waals surface area contributed by atoms with Crippen LogP contribution >= 0.6 is 0 Å². The maximum Gasteiger partial charge on any atom is 0.119 e. The summed E-state index contributed by atoms with van der Waals surface area (Å²) in [5.74, 6) is 0.887. The van der Waals surface area contributed by atoms with Crippen molar-refractivity contribution >= 4 is 10.9 Å². The summed E-state index contributed by atoms with van der Waals surface area (Å²) < 4.78 is 5.25. The molecule has 3 N–H and O–H groups in total. The van der Waals surface area contributed by atoms with Gasteiger partial charge in [0.1, 0.15) is 5.75 Å². The average molecular weight is 218 g/mol. The summed E-state index contributed by atoms with van der Waals surface area (Å²) in [5.41, 5.74) is 9.51. The van der Waals surface area contributed by atoms with Gasteiger partial charge in [0.05, 0.1) is 7.11 Å². The molecule has 0 aliphatic carbocycles. The zero-order chi connectivity index (χ0) is 11.7. The van der Waals surface area contributed by atoms with Crippen molar-refractivity contribution in [3.05, 3.63) is 29.5 Å². The van der Waals surface area contributed by atoms with Crippen LogP contribution in [0.5, 0.6) is 5.75 Å². The first kappa shape index (κ1) is 11.0. The Morgan fingerprint density at radius 2 is 2.19 bits per heavy atom. The van der Waals surface area contributed by atoms with E-state index in [0.29, 0.717) is 0 Å². The van der Waals surface area contributed by atoms with Gasteiger partial charge in [-0.2, -0.15) is 0 Å². The molecule has 3 heteroatoms. The highest BCUT2D eigenvalue weighted by Crippen LogP contribution is 2.26. The maximum absolute atomic E-state index is 5.87. The van der Waals surface area contributed by atoms with Gasteiger partial charge in [0.25, 0.3) is 0 Å². The molecule has 0 unspecified atom stereocenters. The minimum absolute atomic E-state index is 0.170. The van der Waals surface area contributed by atoms with Crippen LogP contribution in [0, 0.1) is 6.92 Å². The van der Waals surface area contributed by atoms with E-state index in [-0.39, 0.29) is 6.04 Å². The van der Waals surface area contributed by atoms with Gasteiger partial charge >= 0.3 is 0 Å². The minimum atomic E-state index is 0.170. The van der Waals surface area contributed by atoms with E-state index in [4.69, 9.17) is 10.5 Å². The van der Waals surface area contributed by atoms with Crippen LogP contribution in [0.3, 0.4) is 0 Å². The van der Waals surface area contributed by atoms with Crippen LogP contribution in [0.1, 0.15) is 18.2 Å². The maximum atomic E-state index is 5.87. The number of nitrogens with two attached hydrogens (primary N) is 1. The molecule has 2 rings (SSSR count). The lowest BCUT2D eigenvalue weighted by atomic mass is 10.0. The number of H-pyrrole nitrogens is 1. The van der Waals surface area contributed by atoms with Crippen LogP contribution in [0.4, 0.5) is 0 Å². The SMILES string of the molecule is COc1ccc2[nH]c(C)c(C[C@H](C)N)c2c1. The number of aromatic amines is 1. The van der Waals surface area contributed by atoms with E-state index in [9.17, 15) is 0 Å². The van der Waals surface area contributed by atoms with Crippen molar-refractivity contribution in [2.45, 2.75) is 26.3 Å². The highest BCUT2D eigenvalue weighted by Gasteiger charge is 2.10. The number of nitrogens with one attached hydrogen (secondary N) is 1. The van der Waals surface area contributed by atoms with E-state index >= 15 is 0 Å². The van der Waals surface area contributed by atoms with E-state index in [1.165, 1.54) is 16.6 Å². The molecular formula is C13H18N2O. The fraction of sp³-hybridized carbons (Fsp3) is 0.385. The standard InChI is InChI=1S/C13H18N2O/c1-8(14)6-11-9(2)15-13-5-4-10(16-3)7-12(11)13/h4-5,7-8,15H,6,14H2,1-3H3/t8-/m0/s1. The molecule has 0 amide bonds. The van der Waals surface area contributed by atoms with Gasteiger partial charge in [-0.05, 0) is 44.0 Å². The third kappa shape index (κ3) is 1.91. The highest BCUT2D eigenvalue weighted by molar-refractivity contribution is 5.86. The van der Waals surface area contributed by atoms with E-state index in [0.717, 1.165) is 17.7 Å². The quantitative estimate of drug-likeness (QED) is 0.831. The van der Waals surface area contributed by atoms with Crippen LogP contribution in [-0.2, 0) is 6.42 Å². The van der Waals surface area contributed by atoms with Gasteiger partial charge in [0.15, 0.2) is 0 Å². The molecule has 0 saturated heterocycles. The lowest BCUT2D eigenvalue weighted by molar-refractivity contribution is 0.415. The largest absolute Gasteiger partial charge is 0.497 e. The third-order valence-corrected chi connectivity index (χ3v) is 2.85. The van der Waals surface area contributed by atoms with Crippen molar-refractivity contribution in [1.82, 2.24) is 4.98 Å². The van der Waals surface area contributed by atoms with E-state index in [1.807, 2.05) is 19.1 Å². The topological polar surface area (TPSA) is 51.0 Å². The first-order valence-corrected chi connectivity index (χ1v) is 5.52. The Balaban J connectivity index is 2.56. The number of fused-ring (bicyclic) bond motifs is 1. The Morgan fingerprint density at radius 3 is 2.81 bits per heavy atom. The average Bonchev–Trinajstić information content (AvgIpc) is 2.54. The molecular weight excluding hydrogens is 200 g/mol. The number of hydrogen-bond acceptors (Lipinski definition) is 2. The second-order valence-corrected chi connectivity index (χ2v) is 4.32. The van der Waals surface area contributed by atoms with Crippen LogP contribution in [0.2, 0.25) is 0 Å². The number of methoxy groups -OCH3 is 1. The van der Waals surface area contributed by atoms with Crippen molar-refractivity contribution < 1.29 is 4.74 Å². The van der Waals surface area contributed by atoms with Crippen LogP contribution in [-0.4, -0.2) is 18.1 Å². The zero-order valence-electron chi connectivity index (χ0n) is 10.0. The molecule has 1 aromatic heterocycles. The first-order valence-electron chi connectivity index (χ1n) is 5.52. The number of rotatable bonds is 3. The number of benzene rings is 1. The lowest BCUT2D eigenvalue weighted by Crippen LogP contribution is -2.18. The number of aromatic nitrogens is 1. The van der Waals surface area contributed by atoms with Gasteiger partial charge in [-0.1, -0.05) is 0 Å². The van der Waals surface area contributed by atoms with E-state index in [2.05, 4.69) is 18.0 Å². The predicted molar refractivity (Wildman–Crippen MR) is 66.9 cm³/mol. The summed E-state index contributed by atoms with van der Waals surface area (Å²) in [6.45, 7) is 4.11. The number of hydrogen-bond donors (Lipinski definition) is 2. The zero-order valence-corrected chi connectivity index (χ0v) is 10.0. The van der Waals surface area contributed by atoms with Crippen molar-refractivity contribution in [3.63, 3.8) is 0 Å². The van der Waals surface area contributed by atoms with Gasteiger partial charge in [0.2, 0.25) is 0 Å². The molecule has 1 aromatic carbocycles. The van der Waals surface area contributed by atoms with Gasteiger partial charge in [0, 0.05) is 22.6 Å². The minimum Gasteiger partial charge on any atom is -0.497 e. The second-order valence-electron chi connectivity index (χ2n) is 4.32. The fourth-order valence-electron chi connectivity index (χ4n) is 2.07. The van der Waals surface area contributed by atoms with Crippen LogP contribution in [0.25, 0.3) is 10.9 Å². The van der Waals surface area contributed by atoms with Crippen LogP contribution < -0.4 is 10.5 Å². The predicted octanol–water partition coefficient (Wildman–Crippen LogP) is 2.37. The smallest absolute Gasteiger partial charge is 0.119 e. The summed E-state index contributed by atoms with van der Waals surface area (Å²) in [5, 5.41) is 1.22. The Kier molecular flexibility index (Phi) is 2.88. The van der Waals surface area contributed by atoms with Crippen LogP contribution in [0.15, 0.2) is 18.2 Å². The summed E-state index contributed by atoms with van der Waals surface area (Å²) in [4.78, 5) is 3.37. The number of aryl methyl sites for hydroxylation is 1. The Labute approximate surface area is 95.6 Å². The Hall–Kier alpha value is -1.48. The lowest BCUT2D eigenvalue weighted by Gasteiger charge is -2.06. The molecule has 1 atom stereocenters. The second kappa shape index (κ2) is 4.18. The van der Waals surface area contributed by atoms with Gasteiger partial charge in [-0.3, -0.25) is 0 Å². The number of ether oxygens (including phenoxy) is 1. The summed E-state index contributed by atoms with van der Waals surface area (Å²) in [6.07, 6.45) is 0.888. The van der Waals surface area contributed by atoms with Gasteiger partial charge in [-0.15, -0.1) is 0 Å². The molecule has 16 heavy (non-hydrogen) atoms. The molecule has 0 aliphatic rings. The van der Waals surface area contributed by atoms with Crippen molar-refractivity contribution in [1.29, 1.82) is 0 Å². The molecule has 0 spiro atoms. The normalized spacial score (nSPS) is 13.0. The van der Waals surface area contributed by atoms with Crippen molar-refractivity contribution in [2.75, 3.05) is 7.11 Å². The summed E-state index contributed by atoms with van der Waals surface area (Å²) >= 11 is 0. The Bertz CT molecular complexity index is 500. The van der Waals surface area contributed by atoms with Gasteiger partial charge in [-0.25, -0.2) is 0 Å². The van der Waals surface area contributed by atoms with Crippen molar-refractivity contribution in [3.8, 4) is 5.75 Å². The fourth-order valence-corrected chi connectivity index (χ4v) is 2.07. The van der Waals surface area contributed by atoms with E-state index < -0.39 is 0 Å². The molecule has 0 saturated carbocycles. The summed E-state index contributed by atoms with van der Waals surface area (Å²) in [6, 6.07) is 6.25. The molecule has 3 nitrogen and oxygen atoms in total. The van der Waals surface area contributed by atoms with Crippen molar-refractivity contribution in [2.24, 2.45) is 5.73 Å². The molecule has 0 aliphatic heterocycles. The molecule has 1 heterocycles. The first-order chi connectivity index (χ1) is 7.61. The molecule has 0 bridgehead atoms.